The zero-order valence-electron chi connectivity index (χ0n) is 16.1. The van der Waals surface area contributed by atoms with Crippen LogP contribution in [0.2, 0.25) is 0 Å². The lowest BCUT2D eigenvalue weighted by atomic mass is 9.98. The maximum atomic E-state index is 13.9. The third-order valence-corrected chi connectivity index (χ3v) is 5.51. The van der Waals surface area contributed by atoms with E-state index in [1.54, 1.807) is 19.2 Å². The van der Waals surface area contributed by atoms with Gasteiger partial charge in [0.1, 0.15) is 5.82 Å². The molecule has 0 spiro atoms. The number of pyridine rings is 1. The molecular weight excluding hydrogens is 371 g/mol. The molecule has 2 aromatic heterocycles. The number of halogens is 1. The highest BCUT2D eigenvalue weighted by Gasteiger charge is 2.41. The van der Waals surface area contributed by atoms with E-state index in [0.717, 1.165) is 16.9 Å². The maximum absolute atomic E-state index is 13.9. The van der Waals surface area contributed by atoms with Crippen molar-refractivity contribution >= 4 is 23.0 Å². The molecular formula is C22H23FN4S. The molecule has 0 unspecified atom stereocenters. The van der Waals surface area contributed by atoms with Crippen molar-refractivity contribution < 1.29 is 4.39 Å². The molecule has 0 saturated carbocycles. The van der Waals surface area contributed by atoms with Crippen LogP contribution in [0.15, 0.2) is 61.1 Å². The van der Waals surface area contributed by atoms with E-state index in [1.807, 2.05) is 24.3 Å². The number of benzene rings is 1. The summed E-state index contributed by atoms with van der Waals surface area (Å²) in [5, 5.41) is 4.05. The second kappa shape index (κ2) is 7.36. The fraction of sp³-hybridized carbons (Fsp3) is 0.273. The molecule has 0 aliphatic carbocycles. The largest absolute Gasteiger partial charge is 0.351 e. The molecule has 2 atom stereocenters. The summed E-state index contributed by atoms with van der Waals surface area (Å²) >= 11 is 5.70. The van der Waals surface area contributed by atoms with Crippen molar-refractivity contribution in [2.45, 2.75) is 38.9 Å². The van der Waals surface area contributed by atoms with Gasteiger partial charge in [-0.25, -0.2) is 4.39 Å². The van der Waals surface area contributed by atoms with Crippen LogP contribution in [-0.4, -0.2) is 14.7 Å². The van der Waals surface area contributed by atoms with Crippen LogP contribution in [0.5, 0.6) is 0 Å². The molecule has 4 rings (SSSR count). The summed E-state index contributed by atoms with van der Waals surface area (Å²) in [5.41, 5.74) is 3.53. The highest BCUT2D eigenvalue weighted by Crippen LogP contribution is 2.42. The van der Waals surface area contributed by atoms with E-state index < -0.39 is 0 Å². The van der Waals surface area contributed by atoms with Crippen LogP contribution in [0.25, 0.3) is 0 Å². The van der Waals surface area contributed by atoms with E-state index in [0.29, 0.717) is 16.7 Å². The zero-order chi connectivity index (χ0) is 19.8. The molecule has 0 amide bonds. The second-order valence-corrected chi connectivity index (χ2v) is 7.80. The first-order valence-electron chi connectivity index (χ1n) is 9.40. The van der Waals surface area contributed by atoms with Crippen LogP contribution in [0.1, 0.15) is 48.8 Å². The SMILES string of the molecule is Cc1cc(N2C(=S)N[C@@H](c3ccccn3)[C@H]2c2ccn(C(C)C)c2)ccc1F. The topological polar surface area (TPSA) is 33.1 Å². The average Bonchev–Trinajstić information content (AvgIpc) is 3.29. The number of nitrogens with one attached hydrogen (secondary N) is 1. The fourth-order valence-corrected chi connectivity index (χ4v) is 4.02. The molecule has 1 aliphatic heterocycles. The molecule has 1 aliphatic rings. The van der Waals surface area contributed by atoms with Gasteiger partial charge in [0, 0.05) is 30.3 Å². The molecule has 1 saturated heterocycles. The first-order valence-corrected chi connectivity index (χ1v) is 9.80. The Bertz CT molecular complexity index is 999. The summed E-state index contributed by atoms with van der Waals surface area (Å²) in [5.74, 6) is -0.217. The van der Waals surface area contributed by atoms with E-state index in [4.69, 9.17) is 12.2 Å². The van der Waals surface area contributed by atoms with Gasteiger partial charge in [-0.15, -0.1) is 0 Å². The molecule has 3 heterocycles. The first-order chi connectivity index (χ1) is 13.5. The number of aryl methyl sites for hydroxylation is 1. The Kier molecular flexibility index (Phi) is 4.89. The van der Waals surface area contributed by atoms with Gasteiger partial charge in [0.05, 0.1) is 17.8 Å². The van der Waals surface area contributed by atoms with Crippen LogP contribution in [0.4, 0.5) is 10.1 Å². The van der Waals surface area contributed by atoms with E-state index in [9.17, 15) is 4.39 Å². The molecule has 4 nitrogen and oxygen atoms in total. The standard InChI is InChI=1S/C22H23FN4S/c1-14(2)26-11-9-16(13-26)21-20(19-6-4-5-10-24-19)25-22(28)27(21)17-7-8-18(23)15(3)12-17/h4-14,20-21H,1-3H3,(H,25,28)/t20-,21+/m0/s1. The summed E-state index contributed by atoms with van der Waals surface area (Å²) in [7, 11) is 0. The summed E-state index contributed by atoms with van der Waals surface area (Å²) in [6.45, 7) is 6.07. The maximum Gasteiger partial charge on any atom is 0.174 e. The molecule has 1 N–H and O–H groups in total. The van der Waals surface area contributed by atoms with Gasteiger partial charge in [0.2, 0.25) is 0 Å². The van der Waals surface area contributed by atoms with E-state index in [1.165, 1.54) is 6.07 Å². The van der Waals surface area contributed by atoms with Gasteiger partial charge in [-0.05, 0) is 80.5 Å². The molecule has 0 radical (unpaired) electrons. The quantitative estimate of drug-likeness (QED) is 0.625. The normalized spacial score (nSPS) is 19.3. The van der Waals surface area contributed by atoms with Gasteiger partial charge in [0.25, 0.3) is 0 Å². The lowest BCUT2D eigenvalue weighted by Crippen LogP contribution is -2.29. The van der Waals surface area contributed by atoms with Gasteiger partial charge in [-0.2, -0.15) is 0 Å². The van der Waals surface area contributed by atoms with Crippen molar-refractivity contribution in [2.24, 2.45) is 0 Å². The molecule has 6 heteroatoms. The number of nitrogens with zero attached hydrogens (tertiary/aromatic N) is 3. The van der Waals surface area contributed by atoms with Crippen LogP contribution in [0.3, 0.4) is 0 Å². The highest BCUT2D eigenvalue weighted by atomic mass is 32.1. The molecule has 1 fully saturated rings. The van der Waals surface area contributed by atoms with Crippen molar-refractivity contribution in [3.05, 3.63) is 83.7 Å². The average molecular weight is 395 g/mol. The molecule has 3 aromatic rings. The first kappa shape index (κ1) is 18.6. The molecule has 0 bridgehead atoms. The zero-order valence-corrected chi connectivity index (χ0v) is 16.9. The lowest BCUT2D eigenvalue weighted by Gasteiger charge is -2.27. The number of rotatable bonds is 4. The third-order valence-electron chi connectivity index (χ3n) is 5.19. The van der Waals surface area contributed by atoms with E-state index >= 15 is 0 Å². The minimum absolute atomic E-state index is 0.0766. The van der Waals surface area contributed by atoms with Crippen LogP contribution < -0.4 is 10.2 Å². The van der Waals surface area contributed by atoms with Crippen LogP contribution >= 0.6 is 12.2 Å². The van der Waals surface area contributed by atoms with E-state index in [-0.39, 0.29) is 17.9 Å². The summed E-state index contributed by atoms with van der Waals surface area (Å²) in [6, 6.07) is 13.3. The van der Waals surface area contributed by atoms with Gasteiger partial charge >= 0.3 is 0 Å². The summed E-state index contributed by atoms with van der Waals surface area (Å²) in [4.78, 5) is 6.63. The molecule has 1 aromatic carbocycles. The van der Waals surface area contributed by atoms with Crippen molar-refractivity contribution in [1.29, 1.82) is 0 Å². The molecule has 28 heavy (non-hydrogen) atoms. The number of anilines is 1. The Morgan fingerprint density at radius 3 is 2.64 bits per heavy atom. The minimum Gasteiger partial charge on any atom is -0.351 e. The van der Waals surface area contributed by atoms with Crippen LogP contribution in [-0.2, 0) is 0 Å². The minimum atomic E-state index is -0.217. The fourth-order valence-electron chi connectivity index (χ4n) is 3.68. The Balaban J connectivity index is 1.82. The van der Waals surface area contributed by atoms with Gasteiger partial charge in [0.15, 0.2) is 5.11 Å². The number of aromatic nitrogens is 2. The lowest BCUT2D eigenvalue weighted by molar-refractivity contribution is 0.559. The van der Waals surface area contributed by atoms with Crippen molar-refractivity contribution in [2.75, 3.05) is 4.90 Å². The second-order valence-electron chi connectivity index (χ2n) is 7.42. The third kappa shape index (κ3) is 3.29. The smallest absolute Gasteiger partial charge is 0.174 e. The Morgan fingerprint density at radius 1 is 1.18 bits per heavy atom. The number of hydrogen-bond donors (Lipinski definition) is 1. The Hall–Kier alpha value is -2.73. The van der Waals surface area contributed by atoms with Crippen molar-refractivity contribution in [1.82, 2.24) is 14.9 Å². The summed E-state index contributed by atoms with van der Waals surface area (Å²) in [6.07, 6.45) is 6.04. The predicted octanol–water partition coefficient (Wildman–Crippen LogP) is 5.09. The van der Waals surface area contributed by atoms with Crippen LogP contribution in [0, 0.1) is 12.7 Å². The van der Waals surface area contributed by atoms with E-state index in [2.05, 4.69) is 52.1 Å². The Labute approximate surface area is 170 Å². The van der Waals surface area contributed by atoms with Gasteiger partial charge in [-0.3, -0.25) is 4.98 Å². The van der Waals surface area contributed by atoms with Gasteiger partial charge in [-0.1, -0.05) is 6.07 Å². The monoisotopic (exact) mass is 394 g/mol. The Morgan fingerprint density at radius 2 is 2.00 bits per heavy atom. The van der Waals surface area contributed by atoms with Crippen molar-refractivity contribution in [3.63, 3.8) is 0 Å². The predicted molar refractivity (Wildman–Crippen MR) is 114 cm³/mol. The number of hydrogen-bond acceptors (Lipinski definition) is 2. The highest BCUT2D eigenvalue weighted by molar-refractivity contribution is 7.80. The molecule has 144 valence electrons. The summed E-state index contributed by atoms with van der Waals surface area (Å²) < 4.78 is 16.0. The number of thiocarbonyl (C=S) groups is 1. The van der Waals surface area contributed by atoms with Crippen molar-refractivity contribution in [3.8, 4) is 0 Å². The van der Waals surface area contributed by atoms with Gasteiger partial charge < -0.3 is 14.8 Å².